The molecule has 1 aromatic carbocycles. The Morgan fingerprint density at radius 1 is 1.47 bits per heavy atom. The van der Waals surface area contributed by atoms with E-state index >= 15 is 0 Å². The third-order valence-electron chi connectivity index (χ3n) is 3.58. The predicted molar refractivity (Wildman–Crippen MR) is 75.0 cm³/mol. The van der Waals surface area contributed by atoms with Crippen molar-refractivity contribution in [1.29, 1.82) is 0 Å². The molecular formula is C15H22N2O2. The Morgan fingerprint density at radius 3 is 3.05 bits per heavy atom. The van der Waals surface area contributed by atoms with Crippen LogP contribution in [0.25, 0.3) is 0 Å². The van der Waals surface area contributed by atoms with Gasteiger partial charge in [0.15, 0.2) is 0 Å². The van der Waals surface area contributed by atoms with Crippen LogP contribution in [0.4, 0.5) is 0 Å². The van der Waals surface area contributed by atoms with Crippen molar-refractivity contribution in [3.05, 3.63) is 35.4 Å². The lowest BCUT2D eigenvalue weighted by Gasteiger charge is -2.27. The van der Waals surface area contributed by atoms with E-state index in [2.05, 4.69) is 17.4 Å². The van der Waals surface area contributed by atoms with Gasteiger partial charge in [-0.2, -0.15) is 0 Å². The first-order valence-corrected chi connectivity index (χ1v) is 6.80. The summed E-state index contributed by atoms with van der Waals surface area (Å²) in [5.41, 5.74) is 2.48. The highest BCUT2D eigenvalue weighted by Crippen LogP contribution is 2.29. The lowest BCUT2D eigenvalue weighted by molar-refractivity contribution is -0.133. The molecule has 1 aromatic rings. The Morgan fingerprint density at radius 2 is 2.26 bits per heavy atom. The molecule has 0 radical (unpaired) electrons. The van der Waals surface area contributed by atoms with Crippen molar-refractivity contribution in [3.63, 3.8) is 0 Å². The van der Waals surface area contributed by atoms with Gasteiger partial charge in [0.25, 0.3) is 0 Å². The van der Waals surface area contributed by atoms with Crippen LogP contribution < -0.4 is 5.32 Å². The number of hydrogen-bond acceptors (Lipinski definition) is 3. The van der Waals surface area contributed by atoms with Crippen molar-refractivity contribution in [2.45, 2.75) is 18.9 Å². The zero-order valence-corrected chi connectivity index (χ0v) is 11.7. The molecular weight excluding hydrogens is 240 g/mol. The number of hydrogen-bond donors (Lipinski definition) is 1. The molecule has 1 unspecified atom stereocenters. The fraction of sp³-hybridized carbons (Fsp3) is 0.533. The molecule has 0 aliphatic carbocycles. The molecule has 0 bridgehead atoms. The van der Waals surface area contributed by atoms with Gasteiger partial charge in [-0.05, 0) is 24.6 Å². The van der Waals surface area contributed by atoms with E-state index in [4.69, 9.17) is 4.74 Å². The minimum Gasteiger partial charge on any atom is -0.373 e. The lowest BCUT2D eigenvalue weighted by Crippen LogP contribution is -2.34. The number of benzene rings is 1. The van der Waals surface area contributed by atoms with E-state index in [1.54, 1.807) is 4.90 Å². The minimum atomic E-state index is -0.0884. The summed E-state index contributed by atoms with van der Waals surface area (Å²) in [4.78, 5) is 13.9. The summed E-state index contributed by atoms with van der Waals surface area (Å²) in [6, 6.07) is 8.25. The summed E-state index contributed by atoms with van der Waals surface area (Å²) in [7, 11) is 3.73. The molecule has 0 fully saturated rings. The van der Waals surface area contributed by atoms with Crippen LogP contribution in [0.3, 0.4) is 0 Å². The summed E-state index contributed by atoms with van der Waals surface area (Å²) in [6.45, 7) is 2.24. The summed E-state index contributed by atoms with van der Waals surface area (Å²) < 4.78 is 5.77. The maximum absolute atomic E-state index is 12.1. The van der Waals surface area contributed by atoms with Crippen molar-refractivity contribution in [3.8, 4) is 0 Å². The maximum atomic E-state index is 12.1. The second-order valence-electron chi connectivity index (χ2n) is 4.93. The monoisotopic (exact) mass is 262 g/mol. The van der Waals surface area contributed by atoms with Gasteiger partial charge in [-0.3, -0.25) is 4.79 Å². The highest BCUT2D eigenvalue weighted by molar-refractivity contribution is 5.76. The number of likely N-dealkylation sites (N-methyl/N-ethyl adjacent to an activating group) is 2. The molecule has 2 rings (SSSR count). The van der Waals surface area contributed by atoms with Gasteiger partial charge in [-0.1, -0.05) is 24.3 Å². The Bertz CT molecular complexity index is 434. The fourth-order valence-electron chi connectivity index (χ4n) is 2.36. The molecule has 1 N–H and O–H groups in total. The number of nitrogens with zero attached hydrogens (tertiary/aromatic N) is 1. The molecule has 1 aliphatic heterocycles. The molecule has 4 nitrogen and oxygen atoms in total. The number of rotatable bonds is 5. The average Bonchev–Trinajstić information content (AvgIpc) is 2.45. The summed E-state index contributed by atoms with van der Waals surface area (Å²) >= 11 is 0. The van der Waals surface area contributed by atoms with Gasteiger partial charge >= 0.3 is 0 Å². The van der Waals surface area contributed by atoms with Gasteiger partial charge in [0.1, 0.15) is 0 Å². The lowest BCUT2D eigenvalue weighted by atomic mass is 9.95. The van der Waals surface area contributed by atoms with Gasteiger partial charge in [-0.25, -0.2) is 0 Å². The topological polar surface area (TPSA) is 41.6 Å². The van der Waals surface area contributed by atoms with Crippen LogP contribution in [-0.2, 0) is 16.0 Å². The molecule has 0 spiro atoms. The van der Waals surface area contributed by atoms with E-state index in [0.717, 1.165) is 19.5 Å². The number of nitrogens with one attached hydrogen (secondary N) is 1. The number of carbonyl (C=O) groups excluding carboxylic acids is 1. The quantitative estimate of drug-likeness (QED) is 0.871. The van der Waals surface area contributed by atoms with E-state index in [1.807, 2.05) is 26.2 Å². The zero-order chi connectivity index (χ0) is 13.7. The van der Waals surface area contributed by atoms with Gasteiger partial charge in [0.2, 0.25) is 5.91 Å². The Labute approximate surface area is 114 Å². The van der Waals surface area contributed by atoms with Crippen LogP contribution in [0.1, 0.15) is 23.7 Å². The van der Waals surface area contributed by atoms with Crippen LogP contribution in [-0.4, -0.2) is 44.6 Å². The Hall–Kier alpha value is -1.39. The van der Waals surface area contributed by atoms with E-state index in [-0.39, 0.29) is 12.0 Å². The molecule has 0 aromatic heterocycles. The smallest absolute Gasteiger partial charge is 0.225 e. The summed E-state index contributed by atoms with van der Waals surface area (Å²) in [5, 5.41) is 3.05. The maximum Gasteiger partial charge on any atom is 0.225 e. The van der Waals surface area contributed by atoms with Crippen LogP contribution in [0.2, 0.25) is 0 Å². The normalized spacial score (nSPS) is 17.9. The van der Waals surface area contributed by atoms with Crippen LogP contribution in [0.5, 0.6) is 0 Å². The third-order valence-corrected chi connectivity index (χ3v) is 3.58. The second-order valence-corrected chi connectivity index (χ2v) is 4.93. The molecule has 1 heterocycles. The van der Waals surface area contributed by atoms with E-state index in [9.17, 15) is 4.79 Å². The fourth-order valence-corrected chi connectivity index (χ4v) is 2.36. The third kappa shape index (κ3) is 3.55. The van der Waals surface area contributed by atoms with Gasteiger partial charge in [0, 0.05) is 20.1 Å². The van der Waals surface area contributed by atoms with Gasteiger partial charge in [-0.15, -0.1) is 0 Å². The molecule has 1 amide bonds. The van der Waals surface area contributed by atoms with Crippen LogP contribution in [0.15, 0.2) is 24.3 Å². The first-order valence-electron chi connectivity index (χ1n) is 6.80. The molecule has 0 saturated carbocycles. The molecule has 104 valence electrons. The Kier molecular flexibility index (Phi) is 4.93. The number of carbonyl (C=O) groups is 1. The van der Waals surface area contributed by atoms with Crippen LogP contribution in [0, 0.1) is 0 Å². The van der Waals surface area contributed by atoms with Crippen molar-refractivity contribution < 1.29 is 9.53 Å². The van der Waals surface area contributed by atoms with E-state index in [0.29, 0.717) is 13.0 Å². The van der Waals surface area contributed by atoms with Crippen molar-refractivity contribution >= 4 is 5.91 Å². The summed E-state index contributed by atoms with van der Waals surface area (Å²) in [6.07, 6.45) is 1.28. The molecule has 19 heavy (non-hydrogen) atoms. The first kappa shape index (κ1) is 14.0. The van der Waals surface area contributed by atoms with Crippen molar-refractivity contribution in [1.82, 2.24) is 10.2 Å². The standard InChI is InChI=1S/C15H22N2O2/c1-16-8-9-17(2)15(18)11-14-13-6-4-3-5-12(13)7-10-19-14/h3-6,14,16H,7-11H2,1-2H3. The highest BCUT2D eigenvalue weighted by atomic mass is 16.5. The average molecular weight is 262 g/mol. The highest BCUT2D eigenvalue weighted by Gasteiger charge is 2.24. The molecule has 1 aliphatic rings. The minimum absolute atomic E-state index is 0.0884. The zero-order valence-electron chi connectivity index (χ0n) is 11.7. The first-order chi connectivity index (χ1) is 9.22. The molecule has 1 atom stereocenters. The van der Waals surface area contributed by atoms with Crippen molar-refractivity contribution in [2.75, 3.05) is 33.8 Å². The SMILES string of the molecule is CNCCN(C)C(=O)CC1OCCc2ccccc21. The Balaban J connectivity index is 1.98. The molecule has 0 saturated heterocycles. The van der Waals surface area contributed by atoms with Crippen LogP contribution >= 0.6 is 0 Å². The number of amides is 1. The van der Waals surface area contributed by atoms with E-state index in [1.165, 1.54) is 11.1 Å². The molecule has 4 heteroatoms. The van der Waals surface area contributed by atoms with Gasteiger partial charge in [0.05, 0.1) is 19.1 Å². The largest absolute Gasteiger partial charge is 0.373 e. The summed E-state index contributed by atoms with van der Waals surface area (Å²) in [5.74, 6) is 0.136. The van der Waals surface area contributed by atoms with Gasteiger partial charge < -0.3 is 15.0 Å². The predicted octanol–water partition coefficient (Wildman–Crippen LogP) is 1.37. The van der Waals surface area contributed by atoms with E-state index < -0.39 is 0 Å². The second kappa shape index (κ2) is 6.68. The van der Waals surface area contributed by atoms with Crippen molar-refractivity contribution in [2.24, 2.45) is 0 Å². The number of ether oxygens (including phenoxy) is 1. The number of fused-ring (bicyclic) bond motifs is 1.